The lowest BCUT2D eigenvalue weighted by Crippen LogP contribution is -2.22. The third-order valence-electron chi connectivity index (χ3n) is 5.49. The lowest BCUT2D eigenvalue weighted by atomic mass is 9.83. The fourth-order valence-electron chi connectivity index (χ4n) is 4.15. The van der Waals surface area contributed by atoms with Gasteiger partial charge in [-0.1, -0.05) is 30.9 Å². The number of aromatic nitrogens is 1. The summed E-state index contributed by atoms with van der Waals surface area (Å²) in [6, 6.07) is 6.03. The van der Waals surface area contributed by atoms with Crippen LogP contribution in [0.3, 0.4) is 0 Å². The molecule has 25 heavy (non-hydrogen) atoms. The van der Waals surface area contributed by atoms with Crippen LogP contribution in [0.25, 0.3) is 0 Å². The Bertz CT molecular complexity index is 677. The summed E-state index contributed by atoms with van der Waals surface area (Å²) in [5, 5.41) is 4.20. The molecule has 1 N–H and O–H groups in total. The van der Waals surface area contributed by atoms with E-state index >= 15 is 0 Å². The summed E-state index contributed by atoms with van der Waals surface area (Å²) in [5.74, 6) is 2.51. The molecule has 1 saturated carbocycles. The van der Waals surface area contributed by atoms with Crippen LogP contribution in [0.1, 0.15) is 62.0 Å². The Kier molecular flexibility index (Phi) is 5.28. The van der Waals surface area contributed by atoms with E-state index < -0.39 is 0 Å². The number of oxazole rings is 1. The van der Waals surface area contributed by atoms with Crippen LogP contribution in [0.5, 0.6) is 5.75 Å². The second-order valence-electron chi connectivity index (χ2n) is 7.18. The Morgan fingerprint density at radius 3 is 2.80 bits per heavy atom. The Balaban J connectivity index is 1.63. The Hall–Kier alpha value is -1.52. The van der Waals surface area contributed by atoms with E-state index in [9.17, 15) is 0 Å². The summed E-state index contributed by atoms with van der Waals surface area (Å²) in [4.78, 5) is 4.37. The zero-order valence-electron chi connectivity index (χ0n) is 14.4. The van der Waals surface area contributed by atoms with Gasteiger partial charge in [-0.05, 0) is 55.5 Å². The van der Waals surface area contributed by atoms with Crippen molar-refractivity contribution in [1.29, 1.82) is 0 Å². The van der Waals surface area contributed by atoms with Gasteiger partial charge in [-0.15, -0.1) is 0 Å². The van der Waals surface area contributed by atoms with E-state index in [1.165, 1.54) is 37.7 Å². The Morgan fingerprint density at radius 1 is 1.20 bits per heavy atom. The van der Waals surface area contributed by atoms with E-state index in [0.717, 1.165) is 30.3 Å². The monoisotopic (exact) mass is 360 g/mol. The first-order chi connectivity index (χ1) is 12.3. The first-order valence-electron chi connectivity index (χ1n) is 9.37. The van der Waals surface area contributed by atoms with Crippen molar-refractivity contribution in [3.05, 3.63) is 47.1 Å². The minimum Gasteiger partial charge on any atom is -0.480 e. The lowest BCUT2D eigenvalue weighted by molar-refractivity contribution is 0.112. The summed E-state index contributed by atoms with van der Waals surface area (Å²) in [6.45, 7) is 1.95. The van der Waals surface area contributed by atoms with Gasteiger partial charge in [0.1, 0.15) is 12.0 Å². The Morgan fingerprint density at radius 2 is 2.08 bits per heavy atom. The molecule has 5 heteroatoms. The number of nitrogens with one attached hydrogen (secondary N) is 1. The first kappa shape index (κ1) is 16.9. The molecule has 4 rings (SSSR count). The van der Waals surface area contributed by atoms with E-state index in [0.29, 0.717) is 17.7 Å². The molecule has 0 unspecified atom stereocenters. The lowest BCUT2D eigenvalue weighted by Gasteiger charge is -2.27. The Labute approximate surface area is 153 Å². The van der Waals surface area contributed by atoms with Gasteiger partial charge in [0, 0.05) is 17.5 Å². The molecule has 1 aliphatic carbocycles. The average molecular weight is 361 g/mol. The molecule has 1 aliphatic heterocycles. The molecule has 1 aromatic carbocycles. The van der Waals surface area contributed by atoms with Crippen LogP contribution in [-0.4, -0.2) is 18.1 Å². The number of ether oxygens (including phenoxy) is 1. The van der Waals surface area contributed by atoms with Crippen molar-refractivity contribution in [2.45, 2.75) is 50.5 Å². The summed E-state index contributed by atoms with van der Waals surface area (Å²) in [5.41, 5.74) is 1.25. The molecule has 2 aliphatic rings. The molecule has 2 heterocycles. The predicted octanol–water partition coefficient (Wildman–Crippen LogP) is 5.11. The van der Waals surface area contributed by atoms with Gasteiger partial charge < -0.3 is 14.5 Å². The fraction of sp³-hybridized carbons (Fsp3) is 0.550. The maximum atomic E-state index is 6.53. The van der Waals surface area contributed by atoms with E-state index in [4.69, 9.17) is 20.8 Å². The third kappa shape index (κ3) is 3.85. The van der Waals surface area contributed by atoms with Crippen molar-refractivity contribution in [2.75, 3.05) is 13.1 Å². The van der Waals surface area contributed by atoms with Crippen LogP contribution < -0.4 is 10.1 Å². The highest BCUT2D eigenvalue weighted by molar-refractivity contribution is 6.30. The maximum Gasteiger partial charge on any atom is 0.235 e. The standard InChI is InChI=1S/C20H25ClN2O2/c21-16-6-7-18(17(12-16)14-4-2-1-3-5-14)25-19(15-8-9-22-13-15)20-23-10-11-24-20/h6-7,10-12,14-15,19,22H,1-5,8-9,13H2/t15-,19+/m0/s1. The second-order valence-corrected chi connectivity index (χ2v) is 7.62. The molecule has 2 atom stereocenters. The van der Waals surface area contributed by atoms with E-state index in [2.05, 4.69) is 16.4 Å². The molecule has 2 fully saturated rings. The fourth-order valence-corrected chi connectivity index (χ4v) is 4.34. The third-order valence-corrected chi connectivity index (χ3v) is 5.73. The highest BCUT2D eigenvalue weighted by Crippen LogP contribution is 2.41. The van der Waals surface area contributed by atoms with E-state index in [1.54, 1.807) is 12.5 Å². The van der Waals surface area contributed by atoms with Gasteiger partial charge in [-0.2, -0.15) is 0 Å². The molecular weight excluding hydrogens is 336 g/mol. The van der Waals surface area contributed by atoms with Gasteiger partial charge in [0.15, 0.2) is 6.10 Å². The molecular formula is C20H25ClN2O2. The average Bonchev–Trinajstić information content (AvgIpc) is 3.35. The van der Waals surface area contributed by atoms with Crippen LogP contribution in [-0.2, 0) is 0 Å². The topological polar surface area (TPSA) is 47.3 Å². The minimum absolute atomic E-state index is 0.159. The van der Waals surface area contributed by atoms with Crippen molar-refractivity contribution < 1.29 is 9.15 Å². The smallest absolute Gasteiger partial charge is 0.235 e. The van der Waals surface area contributed by atoms with Gasteiger partial charge in [-0.25, -0.2) is 4.98 Å². The minimum atomic E-state index is -0.159. The first-order valence-corrected chi connectivity index (χ1v) is 9.75. The quantitative estimate of drug-likeness (QED) is 0.805. The van der Waals surface area contributed by atoms with Gasteiger partial charge >= 0.3 is 0 Å². The van der Waals surface area contributed by atoms with Gasteiger partial charge in [0.2, 0.25) is 5.89 Å². The number of benzene rings is 1. The molecule has 2 aromatic rings. The summed E-state index contributed by atoms with van der Waals surface area (Å²) >= 11 is 6.30. The molecule has 1 saturated heterocycles. The van der Waals surface area contributed by atoms with Crippen molar-refractivity contribution >= 4 is 11.6 Å². The summed E-state index contributed by atoms with van der Waals surface area (Å²) in [6.07, 6.45) is 10.6. The molecule has 1 aromatic heterocycles. The zero-order chi connectivity index (χ0) is 17.1. The van der Waals surface area contributed by atoms with Crippen LogP contribution in [0.2, 0.25) is 5.02 Å². The van der Waals surface area contributed by atoms with Gasteiger partial charge in [-0.3, -0.25) is 0 Å². The van der Waals surface area contributed by atoms with Gasteiger partial charge in [0.25, 0.3) is 0 Å². The summed E-state index contributed by atoms with van der Waals surface area (Å²) in [7, 11) is 0. The van der Waals surface area contributed by atoms with Crippen LogP contribution >= 0.6 is 11.6 Å². The zero-order valence-corrected chi connectivity index (χ0v) is 15.2. The molecule has 4 nitrogen and oxygen atoms in total. The molecule has 134 valence electrons. The van der Waals surface area contributed by atoms with Crippen molar-refractivity contribution in [1.82, 2.24) is 10.3 Å². The number of halogens is 1. The van der Waals surface area contributed by atoms with Crippen LogP contribution in [0.15, 0.2) is 35.1 Å². The van der Waals surface area contributed by atoms with Crippen molar-refractivity contribution in [2.24, 2.45) is 5.92 Å². The van der Waals surface area contributed by atoms with Crippen molar-refractivity contribution in [3.8, 4) is 5.75 Å². The normalized spacial score (nSPS) is 22.8. The highest BCUT2D eigenvalue weighted by Gasteiger charge is 2.32. The SMILES string of the molecule is Clc1ccc(O[C@@H](c2ncco2)[C@H]2CCNC2)c(C2CCCCC2)c1. The highest BCUT2D eigenvalue weighted by atomic mass is 35.5. The van der Waals surface area contributed by atoms with Crippen LogP contribution in [0.4, 0.5) is 0 Å². The van der Waals surface area contributed by atoms with E-state index in [-0.39, 0.29) is 6.10 Å². The number of hydrogen-bond donors (Lipinski definition) is 1. The molecule has 0 amide bonds. The molecule has 0 radical (unpaired) electrons. The van der Waals surface area contributed by atoms with E-state index in [1.807, 2.05) is 12.1 Å². The molecule has 0 bridgehead atoms. The predicted molar refractivity (Wildman–Crippen MR) is 98.1 cm³/mol. The van der Waals surface area contributed by atoms with Crippen LogP contribution in [0, 0.1) is 5.92 Å². The molecule has 0 spiro atoms. The second kappa shape index (κ2) is 7.79. The number of rotatable bonds is 5. The maximum absolute atomic E-state index is 6.53. The number of nitrogens with zero attached hydrogens (tertiary/aromatic N) is 1. The largest absolute Gasteiger partial charge is 0.480 e. The van der Waals surface area contributed by atoms with Crippen molar-refractivity contribution in [3.63, 3.8) is 0 Å². The van der Waals surface area contributed by atoms with Gasteiger partial charge in [0.05, 0.1) is 6.20 Å². The number of hydrogen-bond acceptors (Lipinski definition) is 4. The summed E-state index contributed by atoms with van der Waals surface area (Å²) < 4.78 is 12.1.